The second-order valence-corrected chi connectivity index (χ2v) is 3.86. The highest BCUT2D eigenvalue weighted by molar-refractivity contribution is 5.97. The number of hydrogen-bond donors (Lipinski definition) is 0. The van der Waals surface area contributed by atoms with Gasteiger partial charge in [0.1, 0.15) is 0 Å². The van der Waals surface area contributed by atoms with Crippen LogP contribution in [0.15, 0.2) is 24.3 Å². The Hall–Kier alpha value is -1.64. The largest absolute Gasteiger partial charge is 0.469 e. The van der Waals surface area contributed by atoms with E-state index in [2.05, 4.69) is 4.74 Å². The number of carbonyl (C=O) groups excluding carboxylic acids is 2. The van der Waals surface area contributed by atoms with Crippen LogP contribution >= 0.6 is 0 Å². The Labute approximate surface area is 102 Å². The zero-order valence-electron chi connectivity index (χ0n) is 10.4. The number of Topliss-reactive ketones (excluding diaryl/α,β-unsaturated/α-hetero) is 1. The van der Waals surface area contributed by atoms with Gasteiger partial charge in [0.25, 0.3) is 0 Å². The van der Waals surface area contributed by atoms with E-state index in [-0.39, 0.29) is 11.8 Å². The normalized spacial score (nSPS) is 10.0. The molecule has 1 aromatic carbocycles. The molecular formula is C14H18O3. The maximum absolute atomic E-state index is 11.9. The van der Waals surface area contributed by atoms with Crippen LogP contribution in [-0.2, 0) is 16.0 Å². The summed E-state index contributed by atoms with van der Waals surface area (Å²) in [5, 5.41) is 0. The second kappa shape index (κ2) is 6.84. The van der Waals surface area contributed by atoms with Gasteiger partial charge >= 0.3 is 5.97 Å². The zero-order valence-corrected chi connectivity index (χ0v) is 10.4. The molecule has 0 saturated carbocycles. The molecule has 0 N–H and O–H groups in total. The molecule has 1 rings (SSSR count). The molecule has 0 spiro atoms. The molecular weight excluding hydrogens is 216 g/mol. The standard InChI is InChI=1S/C14H18O3/c1-3-11-7-4-5-8-12(11)13(15)9-6-10-14(16)17-2/h4-5,7-8H,3,6,9-10H2,1-2H3. The molecule has 0 bridgehead atoms. The molecule has 3 nitrogen and oxygen atoms in total. The summed E-state index contributed by atoms with van der Waals surface area (Å²) in [5.41, 5.74) is 1.84. The lowest BCUT2D eigenvalue weighted by atomic mass is 9.98. The van der Waals surface area contributed by atoms with Crippen molar-refractivity contribution in [3.8, 4) is 0 Å². The summed E-state index contributed by atoms with van der Waals surface area (Å²) in [4.78, 5) is 22.9. The third-order valence-corrected chi connectivity index (χ3v) is 2.71. The van der Waals surface area contributed by atoms with E-state index in [1.807, 2.05) is 31.2 Å². The van der Waals surface area contributed by atoms with Crippen molar-refractivity contribution >= 4 is 11.8 Å². The van der Waals surface area contributed by atoms with Crippen molar-refractivity contribution < 1.29 is 14.3 Å². The number of methoxy groups -OCH3 is 1. The highest BCUT2D eigenvalue weighted by atomic mass is 16.5. The Kier molecular flexibility index (Phi) is 5.40. The highest BCUT2D eigenvalue weighted by Gasteiger charge is 2.10. The fourth-order valence-electron chi connectivity index (χ4n) is 1.73. The Morgan fingerprint density at radius 2 is 1.88 bits per heavy atom. The molecule has 0 aromatic heterocycles. The third-order valence-electron chi connectivity index (χ3n) is 2.71. The molecule has 0 aliphatic heterocycles. The molecule has 0 fully saturated rings. The minimum Gasteiger partial charge on any atom is -0.469 e. The van der Waals surface area contributed by atoms with E-state index in [1.165, 1.54) is 7.11 Å². The van der Waals surface area contributed by atoms with Crippen molar-refractivity contribution in [1.29, 1.82) is 0 Å². The summed E-state index contributed by atoms with van der Waals surface area (Å²) in [6.45, 7) is 2.03. The minimum atomic E-state index is -0.262. The second-order valence-electron chi connectivity index (χ2n) is 3.86. The zero-order chi connectivity index (χ0) is 12.7. The first-order chi connectivity index (χ1) is 8.19. The first kappa shape index (κ1) is 13.4. The van der Waals surface area contributed by atoms with Crippen LogP contribution in [0, 0.1) is 0 Å². The Morgan fingerprint density at radius 1 is 1.18 bits per heavy atom. The molecule has 3 heteroatoms. The highest BCUT2D eigenvalue weighted by Crippen LogP contribution is 2.13. The van der Waals surface area contributed by atoms with Crippen molar-refractivity contribution in [3.63, 3.8) is 0 Å². The van der Waals surface area contributed by atoms with Gasteiger partial charge in [0, 0.05) is 18.4 Å². The van der Waals surface area contributed by atoms with Crippen molar-refractivity contribution in [2.75, 3.05) is 7.11 Å². The molecule has 0 atom stereocenters. The first-order valence-electron chi connectivity index (χ1n) is 5.87. The number of benzene rings is 1. The van der Waals surface area contributed by atoms with Crippen molar-refractivity contribution in [2.45, 2.75) is 32.6 Å². The van der Waals surface area contributed by atoms with E-state index in [0.29, 0.717) is 19.3 Å². The molecule has 0 unspecified atom stereocenters. The molecule has 0 heterocycles. The summed E-state index contributed by atoms with van der Waals surface area (Å²) in [5.74, 6) is -0.159. The number of ether oxygens (including phenoxy) is 1. The number of aryl methyl sites for hydroxylation is 1. The van der Waals surface area contributed by atoms with E-state index >= 15 is 0 Å². The summed E-state index contributed by atoms with van der Waals surface area (Å²) in [6.07, 6.45) is 2.09. The SMILES string of the molecule is CCc1ccccc1C(=O)CCCC(=O)OC. The number of ketones is 1. The molecule has 0 aliphatic carbocycles. The number of hydrogen-bond acceptors (Lipinski definition) is 3. The van der Waals surface area contributed by atoms with Crippen LogP contribution < -0.4 is 0 Å². The van der Waals surface area contributed by atoms with E-state index in [4.69, 9.17) is 0 Å². The van der Waals surface area contributed by atoms with Gasteiger partial charge in [0.05, 0.1) is 7.11 Å². The van der Waals surface area contributed by atoms with Gasteiger partial charge in [-0.15, -0.1) is 0 Å². The predicted octanol–water partition coefficient (Wildman–Crippen LogP) is 2.78. The van der Waals surface area contributed by atoms with Crippen LogP contribution in [0.2, 0.25) is 0 Å². The summed E-state index contributed by atoms with van der Waals surface area (Å²) >= 11 is 0. The third kappa shape index (κ3) is 4.02. The van der Waals surface area contributed by atoms with Gasteiger partial charge < -0.3 is 4.74 Å². The molecule has 92 valence electrons. The maximum atomic E-state index is 11.9. The monoisotopic (exact) mass is 234 g/mol. The molecule has 1 aromatic rings. The molecule has 0 aliphatic rings. The number of esters is 1. The summed E-state index contributed by atoms with van der Waals surface area (Å²) < 4.78 is 4.53. The quantitative estimate of drug-likeness (QED) is 0.561. The van der Waals surface area contributed by atoms with Crippen LogP contribution in [0.5, 0.6) is 0 Å². The fourth-order valence-corrected chi connectivity index (χ4v) is 1.73. The number of carbonyl (C=O) groups is 2. The average Bonchev–Trinajstić information content (AvgIpc) is 2.38. The molecule has 17 heavy (non-hydrogen) atoms. The van der Waals surface area contributed by atoms with Gasteiger partial charge in [-0.3, -0.25) is 9.59 Å². The number of rotatable bonds is 6. The topological polar surface area (TPSA) is 43.4 Å². The average molecular weight is 234 g/mol. The van der Waals surface area contributed by atoms with E-state index in [9.17, 15) is 9.59 Å². The van der Waals surface area contributed by atoms with Crippen molar-refractivity contribution in [3.05, 3.63) is 35.4 Å². The molecule has 0 saturated heterocycles. The van der Waals surface area contributed by atoms with Crippen LogP contribution in [0.3, 0.4) is 0 Å². The van der Waals surface area contributed by atoms with Crippen LogP contribution in [0.4, 0.5) is 0 Å². The van der Waals surface area contributed by atoms with Gasteiger partial charge in [-0.1, -0.05) is 31.2 Å². The van der Waals surface area contributed by atoms with E-state index in [1.54, 1.807) is 0 Å². The van der Waals surface area contributed by atoms with Crippen LogP contribution in [-0.4, -0.2) is 18.9 Å². The lowest BCUT2D eigenvalue weighted by Gasteiger charge is -2.06. The summed E-state index contributed by atoms with van der Waals surface area (Å²) in [7, 11) is 1.36. The predicted molar refractivity (Wildman–Crippen MR) is 66.0 cm³/mol. The Balaban J connectivity index is 2.55. The Morgan fingerprint density at radius 3 is 2.53 bits per heavy atom. The minimum absolute atomic E-state index is 0.103. The van der Waals surface area contributed by atoms with E-state index in [0.717, 1.165) is 17.5 Å². The smallest absolute Gasteiger partial charge is 0.305 e. The summed E-state index contributed by atoms with van der Waals surface area (Å²) in [6, 6.07) is 7.61. The van der Waals surface area contributed by atoms with Gasteiger partial charge in [-0.2, -0.15) is 0 Å². The lowest BCUT2D eigenvalue weighted by Crippen LogP contribution is -2.05. The fraction of sp³-hybridized carbons (Fsp3) is 0.429. The first-order valence-corrected chi connectivity index (χ1v) is 5.87. The van der Waals surface area contributed by atoms with E-state index < -0.39 is 0 Å². The van der Waals surface area contributed by atoms with Gasteiger partial charge in [0.2, 0.25) is 0 Å². The van der Waals surface area contributed by atoms with Gasteiger partial charge in [-0.05, 0) is 18.4 Å². The Bertz CT molecular complexity index is 396. The molecule has 0 radical (unpaired) electrons. The maximum Gasteiger partial charge on any atom is 0.305 e. The van der Waals surface area contributed by atoms with Gasteiger partial charge in [0.15, 0.2) is 5.78 Å². The van der Waals surface area contributed by atoms with Crippen molar-refractivity contribution in [2.24, 2.45) is 0 Å². The molecule has 0 amide bonds. The van der Waals surface area contributed by atoms with Crippen molar-refractivity contribution in [1.82, 2.24) is 0 Å². The van der Waals surface area contributed by atoms with Crippen LogP contribution in [0.1, 0.15) is 42.1 Å². The lowest BCUT2D eigenvalue weighted by molar-refractivity contribution is -0.140. The van der Waals surface area contributed by atoms with Crippen LogP contribution in [0.25, 0.3) is 0 Å². The van der Waals surface area contributed by atoms with Gasteiger partial charge in [-0.25, -0.2) is 0 Å².